The minimum absolute atomic E-state index is 0.00180. The number of nitrogens with one attached hydrogen (secondary N) is 1. The summed E-state index contributed by atoms with van der Waals surface area (Å²) in [7, 11) is 0. The summed E-state index contributed by atoms with van der Waals surface area (Å²) >= 11 is 0. The minimum Gasteiger partial charge on any atom is -0.481 e. The van der Waals surface area contributed by atoms with Crippen molar-refractivity contribution in [1.29, 1.82) is 0 Å². The molecule has 2 N–H and O–H groups in total. The molecule has 0 aromatic rings. The number of carbonyl (C=O) groups excluding carboxylic acids is 2. The van der Waals surface area contributed by atoms with Crippen molar-refractivity contribution in [2.45, 2.75) is 57.9 Å². The monoisotopic (exact) mass is 295 g/mol. The summed E-state index contributed by atoms with van der Waals surface area (Å²) in [6.45, 7) is 6.76. The highest BCUT2D eigenvalue weighted by Gasteiger charge is 2.30. The van der Waals surface area contributed by atoms with Gasteiger partial charge in [-0.05, 0) is 57.9 Å². The summed E-state index contributed by atoms with van der Waals surface area (Å²) in [5.41, 5.74) is -0.885. The molecule has 5 heteroatoms. The number of ketones is 1. The highest BCUT2D eigenvalue weighted by Crippen LogP contribution is 2.32. The number of amides is 1. The fourth-order valence-corrected chi connectivity index (χ4v) is 2.77. The van der Waals surface area contributed by atoms with Gasteiger partial charge in [-0.2, -0.15) is 0 Å². The molecule has 0 heterocycles. The molecule has 0 aromatic carbocycles. The van der Waals surface area contributed by atoms with Crippen LogP contribution in [0.2, 0.25) is 0 Å². The van der Waals surface area contributed by atoms with E-state index < -0.39 is 11.5 Å². The van der Waals surface area contributed by atoms with Crippen molar-refractivity contribution in [3.63, 3.8) is 0 Å². The molecular formula is C16H25NO4. The van der Waals surface area contributed by atoms with Gasteiger partial charge < -0.3 is 10.4 Å². The summed E-state index contributed by atoms with van der Waals surface area (Å²) in [6, 6.07) is 0. The lowest BCUT2D eigenvalue weighted by Crippen LogP contribution is -2.49. The molecule has 0 radical (unpaired) electrons. The lowest BCUT2D eigenvalue weighted by Gasteiger charge is -2.28. The first-order valence-electron chi connectivity index (χ1n) is 7.47. The number of aliphatic carboxylic acids is 1. The Kier molecular flexibility index (Phi) is 6.12. The molecule has 1 aliphatic rings. The normalized spacial score (nSPS) is 22.4. The Morgan fingerprint density at radius 2 is 1.81 bits per heavy atom. The van der Waals surface area contributed by atoms with E-state index in [1.807, 2.05) is 0 Å². The lowest BCUT2D eigenvalue weighted by molar-refractivity contribution is -0.143. The van der Waals surface area contributed by atoms with E-state index in [0.717, 1.165) is 25.3 Å². The molecular weight excluding hydrogens is 270 g/mol. The Morgan fingerprint density at radius 1 is 1.24 bits per heavy atom. The van der Waals surface area contributed by atoms with Crippen molar-refractivity contribution in [2.75, 3.05) is 0 Å². The number of hydrogen-bond acceptors (Lipinski definition) is 3. The molecule has 1 fully saturated rings. The molecule has 0 aromatic heterocycles. The predicted molar refractivity (Wildman–Crippen MR) is 79.7 cm³/mol. The Balaban J connectivity index is 2.38. The van der Waals surface area contributed by atoms with Crippen LogP contribution in [0.4, 0.5) is 0 Å². The molecule has 21 heavy (non-hydrogen) atoms. The van der Waals surface area contributed by atoms with E-state index in [4.69, 9.17) is 5.11 Å². The molecule has 1 rings (SSSR count). The van der Waals surface area contributed by atoms with Gasteiger partial charge in [-0.1, -0.05) is 6.58 Å². The summed E-state index contributed by atoms with van der Waals surface area (Å²) in [5, 5.41) is 11.6. The van der Waals surface area contributed by atoms with Gasteiger partial charge in [-0.15, -0.1) is 0 Å². The molecule has 0 spiro atoms. The van der Waals surface area contributed by atoms with Crippen molar-refractivity contribution in [3.05, 3.63) is 12.7 Å². The molecule has 0 bridgehead atoms. The van der Waals surface area contributed by atoms with Crippen molar-refractivity contribution in [2.24, 2.45) is 11.8 Å². The number of carboxylic acids is 1. The van der Waals surface area contributed by atoms with Gasteiger partial charge in [0.25, 0.3) is 0 Å². The van der Waals surface area contributed by atoms with Crippen LogP contribution in [0.25, 0.3) is 0 Å². The van der Waals surface area contributed by atoms with Gasteiger partial charge in [-0.25, -0.2) is 0 Å². The summed E-state index contributed by atoms with van der Waals surface area (Å²) in [4.78, 5) is 34.4. The highest BCUT2D eigenvalue weighted by molar-refractivity contribution is 5.95. The van der Waals surface area contributed by atoms with Gasteiger partial charge in [0.15, 0.2) is 5.78 Å². The van der Waals surface area contributed by atoms with Gasteiger partial charge in [0, 0.05) is 6.42 Å². The van der Waals surface area contributed by atoms with Gasteiger partial charge >= 0.3 is 5.97 Å². The van der Waals surface area contributed by atoms with Gasteiger partial charge in [-0.3, -0.25) is 14.4 Å². The van der Waals surface area contributed by atoms with E-state index >= 15 is 0 Å². The first-order valence-corrected chi connectivity index (χ1v) is 7.47. The summed E-state index contributed by atoms with van der Waals surface area (Å²) in [5.74, 6) is -0.873. The number of hydrogen-bond donors (Lipinski definition) is 2. The quantitative estimate of drug-likeness (QED) is 0.706. The van der Waals surface area contributed by atoms with Crippen LogP contribution in [0.3, 0.4) is 0 Å². The van der Waals surface area contributed by atoms with Crippen molar-refractivity contribution in [3.8, 4) is 0 Å². The average molecular weight is 295 g/mol. The van der Waals surface area contributed by atoms with E-state index in [-0.39, 0.29) is 17.6 Å². The Labute approximate surface area is 125 Å². The van der Waals surface area contributed by atoms with Crippen LogP contribution < -0.4 is 5.32 Å². The topological polar surface area (TPSA) is 83.5 Å². The minimum atomic E-state index is -0.885. The van der Waals surface area contributed by atoms with Crippen LogP contribution in [-0.4, -0.2) is 28.3 Å². The van der Waals surface area contributed by atoms with Crippen LogP contribution in [-0.2, 0) is 14.4 Å². The molecule has 0 aliphatic heterocycles. The van der Waals surface area contributed by atoms with Crippen LogP contribution in [0.1, 0.15) is 52.4 Å². The van der Waals surface area contributed by atoms with E-state index in [2.05, 4.69) is 11.9 Å². The van der Waals surface area contributed by atoms with Crippen molar-refractivity contribution >= 4 is 17.7 Å². The first kappa shape index (κ1) is 17.4. The number of Topliss-reactive ketones (excluding diaryl/α,β-unsaturated/α-hetero) is 1. The van der Waals surface area contributed by atoms with Crippen LogP contribution >= 0.6 is 0 Å². The Hall–Kier alpha value is -1.65. The third kappa shape index (κ3) is 5.33. The molecule has 0 atom stereocenters. The maximum atomic E-state index is 12.2. The van der Waals surface area contributed by atoms with Gasteiger partial charge in [0.2, 0.25) is 5.91 Å². The molecule has 1 aliphatic carbocycles. The zero-order chi connectivity index (χ0) is 16.0. The zero-order valence-corrected chi connectivity index (χ0v) is 12.9. The van der Waals surface area contributed by atoms with Crippen molar-refractivity contribution in [1.82, 2.24) is 5.32 Å². The maximum absolute atomic E-state index is 12.2. The third-order valence-electron chi connectivity index (χ3n) is 4.29. The maximum Gasteiger partial charge on any atom is 0.306 e. The second-order valence-corrected chi connectivity index (χ2v) is 6.34. The van der Waals surface area contributed by atoms with Crippen molar-refractivity contribution < 1.29 is 19.5 Å². The molecule has 5 nitrogen and oxygen atoms in total. The number of carboxylic acid groups (broad SMARTS) is 1. The number of rotatable bonds is 7. The van der Waals surface area contributed by atoms with Crippen LogP contribution in [0, 0.1) is 11.8 Å². The Bertz CT molecular complexity index is 420. The third-order valence-corrected chi connectivity index (χ3v) is 4.29. The lowest BCUT2D eigenvalue weighted by atomic mass is 9.79. The fourth-order valence-electron chi connectivity index (χ4n) is 2.77. The molecule has 0 unspecified atom stereocenters. The largest absolute Gasteiger partial charge is 0.481 e. The molecule has 118 valence electrons. The SMILES string of the molecule is C=CC(=O)NC(C)(C)C(=O)CCC1CCC(C(=O)O)CC1. The highest BCUT2D eigenvalue weighted by atomic mass is 16.4. The Morgan fingerprint density at radius 3 is 2.29 bits per heavy atom. The smallest absolute Gasteiger partial charge is 0.306 e. The molecule has 0 saturated heterocycles. The predicted octanol–water partition coefficient (Wildman–Crippen LogP) is 2.31. The van der Waals surface area contributed by atoms with E-state index in [1.165, 1.54) is 0 Å². The van der Waals surface area contributed by atoms with Crippen LogP contribution in [0.15, 0.2) is 12.7 Å². The summed E-state index contributed by atoms with van der Waals surface area (Å²) in [6.07, 6.45) is 5.45. The summed E-state index contributed by atoms with van der Waals surface area (Å²) < 4.78 is 0. The molecule has 1 saturated carbocycles. The second-order valence-electron chi connectivity index (χ2n) is 6.34. The number of carbonyl (C=O) groups is 3. The van der Waals surface area contributed by atoms with E-state index in [0.29, 0.717) is 25.2 Å². The van der Waals surface area contributed by atoms with E-state index in [1.54, 1.807) is 13.8 Å². The second kappa shape index (κ2) is 7.38. The first-order chi connectivity index (χ1) is 9.76. The fraction of sp³-hybridized carbons (Fsp3) is 0.688. The van der Waals surface area contributed by atoms with Crippen LogP contribution in [0.5, 0.6) is 0 Å². The zero-order valence-electron chi connectivity index (χ0n) is 12.9. The van der Waals surface area contributed by atoms with Gasteiger partial charge in [0.05, 0.1) is 11.5 Å². The molecule has 1 amide bonds. The van der Waals surface area contributed by atoms with E-state index in [9.17, 15) is 14.4 Å². The standard InChI is InChI=1S/C16H25NO4/c1-4-14(19)17-16(2,3)13(18)10-7-11-5-8-12(9-6-11)15(20)21/h4,11-12H,1,5-10H2,2-3H3,(H,17,19)(H,20,21). The van der Waals surface area contributed by atoms with Gasteiger partial charge in [0.1, 0.15) is 0 Å². The average Bonchev–Trinajstić information content (AvgIpc) is 2.44.